The van der Waals surface area contributed by atoms with E-state index in [-0.39, 0.29) is 12.0 Å². The second-order valence-electron chi connectivity index (χ2n) is 4.17. The number of hydrogen-bond acceptors (Lipinski definition) is 4. The Kier molecular flexibility index (Phi) is 4.37. The number of hydrogen-bond donors (Lipinski definition) is 1. The van der Waals surface area contributed by atoms with Crippen molar-refractivity contribution in [1.29, 1.82) is 0 Å². The number of esters is 1. The maximum Gasteiger partial charge on any atom is 0.340 e. The summed E-state index contributed by atoms with van der Waals surface area (Å²) in [5.41, 5.74) is 7.79. The molecule has 0 aliphatic carbocycles. The second-order valence-corrected chi connectivity index (χ2v) is 4.17. The third-order valence-corrected chi connectivity index (χ3v) is 2.69. The fourth-order valence-corrected chi connectivity index (χ4v) is 1.59. The standard InChI is InChI=1S/C13H20N2O2/c1-5-17-13(16)10-7-6-8-11(14)12(10)15(4)9(2)3/h6-9H,5,14H2,1-4H3. The minimum atomic E-state index is -0.331. The summed E-state index contributed by atoms with van der Waals surface area (Å²) in [5, 5.41) is 0. The van der Waals surface area contributed by atoms with Gasteiger partial charge in [0.1, 0.15) is 0 Å². The fourth-order valence-electron chi connectivity index (χ4n) is 1.59. The number of para-hydroxylation sites is 1. The smallest absolute Gasteiger partial charge is 0.340 e. The van der Waals surface area contributed by atoms with Crippen LogP contribution in [0.4, 0.5) is 11.4 Å². The van der Waals surface area contributed by atoms with E-state index >= 15 is 0 Å². The van der Waals surface area contributed by atoms with Crippen molar-refractivity contribution in [2.24, 2.45) is 0 Å². The van der Waals surface area contributed by atoms with Gasteiger partial charge in [0.05, 0.1) is 23.5 Å². The van der Waals surface area contributed by atoms with E-state index in [1.165, 1.54) is 0 Å². The minimum Gasteiger partial charge on any atom is -0.462 e. The van der Waals surface area contributed by atoms with Crippen molar-refractivity contribution >= 4 is 17.3 Å². The van der Waals surface area contributed by atoms with Crippen molar-refractivity contribution in [3.8, 4) is 0 Å². The predicted octanol–water partition coefficient (Wildman–Crippen LogP) is 2.29. The summed E-state index contributed by atoms with van der Waals surface area (Å²) in [6.07, 6.45) is 0. The fraction of sp³-hybridized carbons (Fsp3) is 0.462. The minimum absolute atomic E-state index is 0.257. The zero-order valence-corrected chi connectivity index (χ0v) is 10.9. The van der Waals surface area contributed by atoms with Gasteiger partial charge in [-0.3, -0.25) is 0 Å². The van der Waals surface area contributed by atoms with Crippen LogP contribution in [0.3, 0.4) is 0 Å². The van der Waals surface area contributed by atoms with Gasteiger partial charge in [0, 0.05) is 13.1 Å². The van der Waals surface area contributed by atoms with Gasteiger partial charge < -0.3 is 15.4 Å². The van der Waals surface area contributed by atoms with Crippen LogP contribution in [0.15, 0.2) is 18.2 Å². The largest absolute Gasteiger partial charge is 0.462 e. The maximum atomic E-state index is 11.8. The Hall–Kier alpha value is -1.71. The summed E-state index contributed by atoms with van der Waals surface area (Å²) in [5.74, 6) is -0.331. The van der Waals surface area contributed by atoms with Crippen molar-refractivity contribution in [1.82, 2.24) is 0 Å². The molecule has 0 spiro atoms. The summed E-state index contributed by atoms with van der Waals surface area (Å²) in [6.45, 7) is 6.23. The van der Waals surface area contributed by atoms with Gasteiger partial charge in [-0.1, -0.05) is 6.07 Å². The maximum absolute atomic E-state index is 11.8. The number of anilines is 2. The number of nitrogen functional groups attached to an aromatic ring is 1. The quantitative estimate of drug-likeness (QED) is 0.643. The highest BCUT2D eigenvalue weighted by Gasteiger charge is 2.19. The Labute approximate surface area is 102 Å². The zero-order valence-electron chi connectivity index (χ0n) is 10.9. The second kappa shape index (κ2) is 5.57. The molecule has 1 aromatic carbocycles. The highest BCUT2D eigenvalue weighted by atomic mass is 16.5. The van der Waals surface area contributed by atoms with Crippen LogP contribution < -0.4 is 10.6 Å². The molecule has 0 fully saturated rings. The monoisotopic (exact) mass is 236 g/mol. The number of rotatable bonds is 4. The average Bonchev–Trinajstić information content (AvgIpc) is 2.28. The van der Waals surface area contributed by atoms with Gasteiger partial charge in [-0.05, 0) is 32.9 Å². The third kappa shape index (κ3) is 2.90. The lowest BCUT2D eigenvalue weighted by Gasteiger charge is -2.27. The van der Waals surface area contributed by atoms with Gasteiger partial charge in [-0.15, -0.1) is 0 Å². The predicted molar refractivity (Wildman–Crippen MR) is 70.3 cm³/mol. The van der Waals surface area contributed by atoms with Crippen LogP contribution >= 0.6 is 0 Å². The van der Waals surface area contributed by atoms with Crippen LogP contribution in [0, 0.1) is 0 Å². The summed E-state index contributed by atoms with van der Waals surface area (Å²) >= 11 is 0. The van der Waals surface area contributed by atoms with E-state index in [0.717, 1.165) is 5.69 Å². The summed E-state index contributed by atoms with van der Waals surface area (Å²) in [7, 11) is 1.92. The molecule has 2 N–H and O–H groups in total. The summed E-state index contributed by atoms with van der Waals surface area (Å²) < 4.78 is 5.03. The molecule has 0 saturated heterocycles. The van der Waals surface area contributed by atoms with Crippen LogP contribution in [0.2, 0.25) is 0 Å². The lowest BCUT2D eigenvalue weighted by Crippen LogP contribution is -2.28. The van der Waals surface area contributed by atoms with E-state index in [9.17, 15) is 4.79 Å². The molecule has 4 nitrogen and oxygen atoms in total. The van der Waals surface area contributed by atoms with E-state index < -0.39 is 0 Å². The van der Waals surface area contributed by atoms with E-state index in [1.54, 1.807) is 25.1 Å². The van der Waals surface area contributed by atoms with Crippen LogP contribution in [0.5, 0.6) is 0 Å². The first-order valence-corrected chi connectivity index (χ1v) is 5.77. The van der Waals surface area contributed by atoms with Gasteiger partial charge in [-0.2, -0.15) is 0 Å². The average molecular weight is 236 g/mol. The van der Waals surface area contributed by atoms with Gasteiger partial charge in [0.25, 0.3) is 0 Å². The highest BCUT2D eigenvalue weighted by molar-refractivity contribution is 5.99. The van der Waals surface area contributed by atoms with Gasteiger partial charge in [0.15, 0.2) is 0 Å². The van der Waals surface area contributed by atoms with Crippen LogP contribution in [-0.2, 0) is 4.74 Å². The molecule has 0 amide bonds. The highest BCUT2D eigenvalue weighted by Crippen LogP contribution is 2.28. The molecule has 0 aliphatic rings. The topological polar surface area (TPSA) is 55.6 Å². The Morgan fingerprint density at radius 1 is 1.47 bits per heavy atom. The molecule has 1 aromatic rings. The normalized spacial score (nSPS) is 10.4. The molecule has 0 heterocycles. The molecule has 0 saturated carbocycles. The Balaban J connectivity index is 3.21. The number of nitrogens with zero attached hydrogens (tertiary/aromatic N) is 1. The van der Waals surface area contributed by atoms with Gasteiger partial charge in [-0.25, -0.2) is 4.79 Å². The van der Waals surface area contributed by atoms with E-state index in [4.69, 9.17) is 10.5 Å². The van der Waals surface area contributed by atoms with Crippen molar-refractivity contribution in [3.63, 3.8) is 0 Å². The number of nitrogens with two attached hydrogens (primary N) is 1. The third-order valence-electron chi connectivity index (χ3n) is 2.69. The molecule has 4 heteroatoms. The number of ether oxygens (including phenoxy) is 1. The van der Waals surface area contributed by atoms with Gasteiger partial charge in [0.2, 0.25) is 0 Å². The number of benzene rings is 1. The van der Waals surface area contributed by atoms with Crippen LogP contribution in [0.1, 0.15) is 31.1 Å². The van der Waals surface area contributed by atoms with Crippen LogP contribution in [-0.4, -0.2) is 25.7 Å². The Morgan fingerprint density at radius 3 is 2.65 bits per heavy atom. The van der Waals surface area contributed by atoms with E-state index in [1.807, 2.05) is 25.8 Å². The summed E-state index contributed by atoms with van der Waals surface area (Å²) in [4.78, 5) is 13.8. The first-order valence-electron chi connectivity index (χ1n) is 5.77. The molecule has 0 bridgehead atoms. The molecule has 17 heavy (non-hydrogen) atoms. The van der Waals surface area contributed by atoms with E-state index in [0.29, 0.717) is 17.9 Å². The molecular formula is C13H20N2O2. The molecule has 94 valence electrons. The molecule has 1 rings (SSSR count). The van der Waals surface area contributed by atoms with Crippen molar-refractivity contribution < 1.29 is 9.53 Å². The summed E-state index contributed by atoms with van der Waals surface area (Å²) in [6, 6.07) is 5.55. The molecule has 0 atom stereocenters. The Bertz CT molecular complexity index is 402. The first-order chi connectivity index (χ1) is 7.99. The lowest BCUT2D eigenvalue weighted by molar-refractivity contribution is 0.0527. The van der Waals surface area contributed by atoms with Gasteiger partial charge >= 0.3 is 5.97 Å². The molecule has 0 radical (unpaired) electrons. The molecule has 0 unspecified atom stereocenters. The zero-order chi connectivity index (χ0) is 13.0. The van der Waals surface area contributed by atoms with E-state index in [2.05, 4.69) is 0 Å². The Morgan fingerprint density at radius 2 is 2.12 bits per heavy atom. The molecular weight excluding hydrogens is 216 g/mol. The first kappa shape index (κ1) is 13.4. The molecule has 0 aliphatic heterocycles. The van der Waals surface area contributed by atoms with Crippen molar-refractivity contribution in [2.75, 3.05) is 24.3 Å². The number of carbonyl (C=O) groups is 1. The SMILES string of the molecule is CCOC(=O)c1cccc(N)c1N(C)C(C)C. The number of carbonyl (C=O) groups excluding carboxylic acids is 1. The molecule has 0 aromatic heterocycles. The van der Waals surface area contributed by atoms with Crippen molar-refractivity contribution in [2.45, 2.75) is 26.8 Å². The van der Waals surface area contributed by atoms with Crippen LogP contribution in [0.25, 0.3) is 0 Å². The van der Waals surface area contributed by atoms with Crippen molar-refractivity contribution in [3.05, 3.63) is 23.8 Å². The lowest BCUT2D eigenvalue weighted by atomic mass is 10.1.